The topological polar surface area (TPSA) is 71.6 Å². The number of nitrogen functional groups attached to an aromatic ring is 1. The van der Waals surface area contributed by atoms with Gasteiger partial charge in [-0.15, -0.1) is 0 Å². The summed E-state index contributed by atoms with van der Waals surface area (Å²) < 4.78 is 5.48. The van der Waals surface area contributed by atoms with E-state index >= 15 is 0 Å². The minimum atomic E-state index is -0.120. The summed E-state index contributed by atoms with van der Waals surface area (Å²) >= 11 is 0. The SMILES string of the molecule is Nc1ccc2c(N3CCOC(CO)C3)ccnc2c1. The molecule has 0 spiro atoms. The Labute approximate surface area is 111 Å². The molecule has 5 nitrogen and oxygen atoms in total. The Hall–Kier alpha value is -1.85. The fraction of sp³-hybridized carbons (Fsp3) is 0.357. The van der Waals surface area contributed by atoms with Gasteiger partial charge in [0.1, 0.15) is 0 Å². The average molecular weight is 259 g/mol. The lowest BCUT2D eigenvalue weighted by atomic mass is 10.1. The summed E-state index contributed by atoms with van der Waals surface area (Å²) in [5, 5.41) is 10.3. The lowest BCUT2D eigenvalue weighted by Crippen LogP contribution is -2.44. The molecule has 1 atom stereocenters. The maximum atomic E-state index is 9.22. The highest BCUT2D eigenvalue weighted by atomic mass is 16.5. The van der Waals surface area contributed by atoms with Crippen molar-refractivity contribution in [2.24, 2.45) is 0 Å². The van der Waals surface area contributed by atoms with Crippen molar-refractivity contribution in [2.45, 2.75) is 6.10 Å². The summed E-state index contributed by atoms with van der Waals surface area (Å²) in [5.41, 5.74) is 8.51. The minimum Gasteiger partial charge on any atom is -0.399 e. The predicted molar refractivity (Wildman–Crippen MR) is 75.2 cm³/mol. The number of hydrogen-bond donors (Lipinski definition) is 2. The van der Waals surface area contributed by atoms with Crippen LogP contribution in [0.2, 0.25) is 0 Å². The molecule has 0 aliphatic carbocycles. The van der Waals surface area contributed by atoms with Crippen LogP contribution in [0.25, 0.3) is 10.9 Å². The molecule has 0 saturated carbocycles. The zero-order valence-electron chi connectivity index (χ0n) is 10.6. The van der Waals surface area contributed by atoms with Crippen LogP contribution in [0.4, 0.5) is 11.4 Å². The Balaban J connectivity index is 2.00. The molecule has 100 valence electrons. The largest absolute Gasteiger partial charge is 0.399 e. The van der Waals surface area contributed by atoms with E-state index in [1.54, 1.807) is 6.20 Å². The molecule has 1 aliphatic heterocycles. The van der Waals surface area contributed by atoms with E-state index in [-0.39, 0.29) is 12.7 Å². The van der Waals surface area contributed by atoms with Crippen LogP contribution in [0.3, 0.4) is 0 Å². The number of nitrogens with zero attached hydrogens (tertiary/aromatic N) is 2. The number of benzene rings is 1. The number of aliphatic hydroxyl groups excluding tert-OH is 1. The molecule has 3 rings (SSSR count). The maximum absolute atomic E-state index is 9.22. The number of ether oxygens (including phenoxy) is 1. The molecule has 2 heterocycles. The van der Waals surface area contributed by atoms with Gasteiger partial charge in [0.15, 0.2) is 0 Å². The van der Waals surface area contributed by atoms with Gasteiger partial charge in [0.2, 0.25) is 0 Å². The smallest absolute Gasteiger partial charge is 0.0980 e. The molecule has 0 radical (unpaired) electrons. The van der Waals surface area contributed by atoms with Gasteiger partial charge < -0.3 is 20.5 Å². The van der Waals surface area contributed by atoms with Crippen LogP contribution in [0, 0.1) is 0 Å². The van der Waals surface area contributed by atoms with E-state index in [0.717, 1.165) is 23.1 Å². The first-order valence-corrected chi connectivity index (χ1v) is 6.39. The first-order valence-electron chi connectivity index (χ1n) is 6.39. The van der Waals surface area contributed by atoms with Crippen LogP contribution in [-0.2, 0) is 4.74 Å². The summed E-state index contributed by atoms with van der Waals surface area (Å²) in [7, 11) is 0. The molecule has 1 aliphatic rings. The normalized spacial score (nSPS) is 19.8. The Morgan fingerprint density at radius 2 is 2.32 bits per heavy atom. The minimum absolute atomic E-state index is 0.0481. The van der Waals surface area contributed by atoms with Crippen molar-refractivity contribution in [3.05, 3.63) is 30.5 Å². The van der Waals surface area contributed by atoms with Crippen LogP contribution >= 0.6 is 0 Å². The highest BCUT2D eigenvalue weighted by molar-refractivity contribution is 5.93. The van der Waals surface area contributed by atoms with Crippen LogP contribution in [-0.4, -0.2) is 42.5 Å². The first kappa shape index (κ1) is 12.2. The number of morpholine rings is 1. The van der Waals surface area contributed by atoms with Crippen molar-refractivity contribution >= 4 is 22.3 Å². The van der Waals surface area contributed by atoms with E-state index in [2.05, 4.69) is 9.88 Å². The maximum Gasteiger partial charge on any atom is 0.0980 e. The summed E-state index contributed by atoms with van der Waals surface area (Å²) in [6.07, 6.45) is 1.67. The molecule has 0 amide bonds. The summed E-state index contributed by atoms with van der Waals surface area (Å²) in [5.74, 6) is 0. The van der Waals surface area contributed by atoms with Gasteiger partial charge in [-0.3, -0.25) is 4.98 Å². The van der Waals surface area contributed by atoms with Gasteiger partial charge in [-0.2, -0.15) is 0 Å². The van der Waals surface area contributed by atoms with E-state index in [4.69, 9.17) is 10.5 Å². The number of rotatable bonds is 2. The molecule has 0 bridgehead atoms. The number of pyridine rings is 1. The summed E-state index contributed by atoms with van der Waals surface area (Å²) in [6.45, 7) is 2.19. The predicted octanol–water partition coefficient (Wildman–Crippen LogP) is 1.01. The number of aromatic nitrogens is 1. The van der Waals surface area contributed by atoms with E-state index in [1.807, 2.05) is 24.3 Å². The van der Waals surface area contributed by atoms with Crippen molar-refractivity contribution in [3.63, 3.8) is 0 Å². The summed E-state index contributed by atoms with van der Waals surface area (Å²) in [6, 6.07) is 7.76. The molecule has 3 N–H and O–H groups in total. The van der Waals surface area contributed by atoms with Crippen LogP contribution in [0.15, 0.2) is 30.5 Å². The molecule has 1 fully saturated rings. The highest BCUT2D eigenvalue weighted by Crippen LogP contribution is 2.27. The number of aliphatic hydroxyl groups is 1. The average Bonchev–Trinajstić information content (AvgIpc) is 2.46. The van der Waals surface area contributed by atoms with Crippen molar-refractivity contribution in [2.75, 3.05) is 36.9 Å². The second-order valence-electron chi connectivity index (χ2n) is 4.73. The Kier molecular flexibility index (Phi) is 3.23. The number of nitrogens with two attached hydrogens (primary N) is 1. The molecule has 19 heavy (non-hydrogen) atoms. The van der Waals surface area contributed by atoms with Gasteiger partial charge in [0.05, 0.1) is 24.8 Å². The molecular weight excluding hydrogens is 242 g/mol. The summed E-state index contributed by atoms with van der Waals surface area (Å²) in [4.78, 5) is 6.58. The van der Waals surface area contributed by atoms with Gasteiger partial charge >= 0.3 is 0 Å². The van der Waals surface area contributed by atoms with Gasteiger partial charge in [-0.25, -0.2) is 0 Å². The van der Waals surface area contributed by atoms with E-state index in [0.29, 0.717) is 18.8 Å². The molecule has 1 aromatic carbocycles. The fourth-order valence-electron chi connectivity index (χ4n) is 2.47. The molecule has 1 unspecified atom stereocenters. The molecule has 5 heteroatoms. The van der Waals surface area contributed by atoms with Gasteiger partial charge in [0, 0.05) is 36.0 Å². The van der Waals surface area contributed by atoms with Crippen LogP contribution < -0.4 is 10.6 Å². The third-order valence-electron chi connectivity index (χ3n) is 3.43. The van der Waals surface area contributed by atoms with Crippen molar-refractivity contribution in [1.29, 1.82) is 0 Å². The van der Waals surface area contributed by atoms with Gasteiger partial charge in [0.25, 0.3) is 0 Å². The molecule has 2 aromatic rings. The number of fused-ring (bicyclic) bond motifs is 1. The second-order valence-corrected chi connectivity index (χ2v) is 4.73. The quantitative estimate of drug-likeness (QED) is 0.788. The monoisotopic (exact) mass is 259 g/mol. The lowest BCUT2D eigenvalue weighted by molar-refractivity contribution is 0.00364. The highest BCUT2D eigenvalue weighted by Gasteiger charge is 2.21. The lowest BCUT2D eigenvalue weighted by Gasteiger charge is -2.34. The molecule has 1 aromatic heterocycles. The molecular formula is C14H17N3O2. The van der Waals surface area contributed by atoms with E-state index < -0.39 is 0 Å². The van der Waals surface area contributed by atoms with E-state index in [9.17, 15) is 5.11 Å². The zero-order chi connectivity index (χ0) is 13.2. The Morgan fingerprint density at radius 3 is 3.16 bits per heavy atom. The van der Waals surface area contributed by atoms with Crippen LogP contribution in [0.1, 0.15) is 0 Å². The van der Waals surface area contributed by atoms with Gasteiger partial charge in [-0.1, -0.05) is 0 Å². The first-order chi connectivity index (χ1) is 9.28. The van der Waals surface area contributed by atoms with Crippen molar-refractivity contribution in [3.8, 4) is 0 Å². The Bertz CT molecular complexity index is 588. The Morgan fingerprint density at radius 1 is 1.42 bits per heavy atom. The van der Waals surface area contributed by atoms with Crippen LogP contribution in [0.5, 0.6) is 0 Å². The van der Waals surface area contributed by atoms with Crippen molar-refractivity contribution < 1.29 is 9.84 Å². The number of anilines is 2. The number of hydrogen-bond acceptors (Lipinski definition) is 5. The third-order valence-corrected chi connectivity index (χ3v) is 3.43. The zero-order valence-corrected chi connectivity index (χ0v) is 10.6. The van der Waals surface area contributed by atoms with Gasteiger partial charge in [-0.05, 0) is 24.3 Å². The second kappa shape index (κ2) is 5.03. The fourth-order valence-corrected chi connectivity index (χ4v) is 2.47. The van der Waals surface area contributed by atoms with Crippen molar-refractivity contribution in [1.82, 2.24) is 4.98 Å². The third kappa shape index (κ3) is 2.34. The van der Waals surface area contributed by atoms with E-state index in [1.165, 1.54) is 0 Å². The molecule has 1 saturated heterocycles. The standard InChI is InChI=1S/C14H17N3O2/c15-10-1-2-12-13(7-10)16-4-3-14(12)17-5-6-19-11(8-17)9-18/h1-4,7,11,18H,5-6,8-9,15H2.